The SMILES string of the molecule is CCCCCCCCCCP(Br)(CCCCC)(CCCCC)CCCCC. The van der Waals surface area contributed by atoms with Crippen molar-refractivity contribution in [3.05, 3.63) is 0 Å². The average Bonchev–Trinajstić information content (AvgIpc) is 2.65. The van der Waals surface area contributed by atoms with Crippen molar-refractivity contribution >= 4 is 20.8 Å². The zero-order valence-electron chi connectivity index (χ0n) is 19.7. The Balaban J connectivity index is 4.67. The Hall–Kier alpha value is 0.910. The van der Waals surface area contributed by atoms with Gasteiger partial charge in [0.1, 0.15) is 0 Å². The van der Waals surface area contributed by atoms with Crippen LogP contribution in [0.15, 0.2) is 0 Å². The molecule has 0 aromatic carbocycles. The minimum absolute atomic E-state index is 1.36. The fraction of sp³-hybridized carbons (Fsp3) is 1.00. The van der Waals surface area contributed by atoms with E-state index in [-0.39, 0.29) is 0 Å². The number of hydrogen-bond donors (Lipinski definition) is 0. The summed E-state index contributed by atoms with van der Waals surface area (Å²) in [5.41, 5.74) is 0. The first-order valence-electron chi connectivity index (χ1n) is 12.8. The topological polar surface area (TPSA) is 0 Å². The van der Waals surface area contributed by atoms with Gasteiger partial charge in [-0.15, -0.1) is 0 Å². The van der Waals surface area contributed by atoms with Crippen molar-refractivity contribution in [1.29, 1.82) is 0 Å². The van der Waals surface area contributed by atoms with Gasteiger partial charge in [-0.1, -0.05) is 0 Å². The van der Waals surface area contributed by atoms with E-state index >= 15 is 0 Å². The summed E-state index contributed by atoms with van der Waals surface area (Å²) in [5.74, 6) is 0. The van der Waals surface area contributed by atoms with Crippen molar-refractivity contribution in [1.82, 2.24) is 0 Å². The molecule has 27 heavy (non-hydrogen) atoms. The van der Waals surface area contributed by atoms with Gasteiger partial charge in [-0.05, 0) is 0 Å². The summed E-state index contributed by atoms with van der Waals surface area (Å²) in [6.45, 7) is 9.39. The molecule has 0 spiro atoms. The monoisotopic (exact) mass is 464 g/mol. The molecule has 0 rings (SSSR count). The Morgan fingerprint density at radius 3 is 0.926 bits per heavy atom. The van der Waals surface area contributed by atoms with Crippen LogP contribution < -0.4 is 0 Å². The summed E-state index contributed by atoms with van der Waals surface area (Å²) in [6, 6.07) is 0. The summed E-state index contributed by atoms with van der Waals surface area (Å²) in [6.07, 6.45) is 30.6. The van der Waals surface area contributed by atoms with Crippen LogP contribution in [-0.2, 0) is 0 Å². The molecule has 0 atom stereocenters. The average molecular weight is 466 g/mol. The molecule has 0 heterocycles. The van der Waals surface area contributed by atoms with Crippen LogP contribution in [0.1, 0.15) is 137 Å². The molecule has 0 bridgehead atoms. The predicted molar refractivity (Wildman–Crippen MR) is 136 cm³/mol. The van der Waals surface area contributed by atoms with E-state index in [1.54, 1.807) is 0 Å². The van der Waals surface area contributed by atoms with Crippen LogP contribution in [0, 0.1) is 0 Å². The molecule has 0 unspecified atom stereocenters. The maximum atomic E-state index is 4.62. The Labute approximate surface area is 182 Å². The van der Waals surface area contributed by atoms with Crippen molar-refractivity contribution in [3.63, 3.8) is 0 Å². The van der Waals surface area contributed by atoms with Gasteiger partial charge < -0.3 is 0 Å². The molecule has 0 saturated heterocycles. The first-order valence-corrected chi connectivity index (χ1v) is 17.8. The third-order valence-corrected chi connectivity index (χ3v) is 16.5. The molecule has 0 N–H and O–H groups in total. The fourth-order valence-corrected chi connectivity index (χ4v) is 13.0. The summed E-state index contributed by atoms with van der Waals surface area (Å²) in [7, 11) is 0. The standard InChI is InChI=1S/C25H54BrP/c1-5-9-13-14-15-16-17-21-25-27(26,22-18-10-6-2,23-19-11-7-3)24-20-12-8-4/h5-25H2,1-4H3. The molecule has 0 aromatic heterocycles. The van der Waals surface area contributed by atoms with Gasteiger partial charge in [0.05, 0.1) is 0 Å². The Kier molecular flexibility index (Phi) is 18.3. The number of hydrogen-bond acceptors (Lipinski definition) is 0. The molecule has 0 saturated carbocycles. The van der Waals surface area contributed by atoms with E-state index < -0.39 is 5.31 Å². The van der Waals surface area contributed by atoms with Gasteiger partial charge in [0.15, 0.2) is 0 Å². The quantitative estimate of drug-likeness (QED) is 0.117. The van der Waals surface area contributed by atoms with Crippen LogP contribution in [0.25, 0.3) is 0 Å². The first-order chi connectivity index (χ1) is 13.0. The second kappa shape index (κ2) is 17.7. The summed E-state index contributed by atoms with van der Waals surface area (Å²) >= 11 is 4.62. The molecular formula is C25H54BrP. The second-order valence-electron chi connectivity index (χ2n) is 9.31. The van der Waals surface area contributed by atoms with Gasteiger partial charge in [-0.2, -0.15) is 0 Å². The van der Waals surface area contributed by atoms with Gasteiger partial charge in [0, 0.05) is 0 Å². The molecule has 0 aliphatic rings. The van der Waals surface area contributed by atoms with Crippen molar-refractivity contribution < 1.29 is 0 Å². The number of rotatable bonds is 21. The Morgan fingerprint density at radius 1 is 0.370 bits per heavy atom. The molecule has 2 heteroatoms. The zero-order valence-corrected chi connectivity index (χ0v) is 22.2. The predicted octanol–water partition coefficient (Wildman–Crippen LogP) is 10.6. The van der Waals surface area contributed by atoms with Gasteiger partial charge in [0.2, 0.25) is 0 Å². The molecule has 0 aliphatic carbocycles. The number of unbranched alkanes of at least 4 members (excludes halogenated alkanes) is 13. The molecule has 0 radical (unpaired) electrons. The van der Waals surface area contributed by atoms with E-state index in [1.165, 1.54) is 134 Å². The van der Waals surface area contributed by atoms with Gasteiger partial charge >= 0.3 is 182 Å². The van der Waals surface area contributed by atoms with E-state index in [9.17, 15) is 0 Å². The Bertz CT molecular complexity index is 286. The maximum absolute atomic E-state index is 4.62. The van der Waals surface area contributed by atoms with Crippen molar-refractivity contribution in [2.45, 2.75) is 137 Å². The third-order valence-electron chi connectivity index (χ3n) is 6.53. The van der Waals surface area contributed by atoms with E-state index in [1.807, 2.05) is 0 Å². The van der Waals surface area contributed by atoms with Crippen LogP contribution in [0.2, 0.25) is 0 Å². The molecule has 0 aliphatic heterocycles. The summed E-state index contributed by atoms with van der Waals surface area (Å²) in [4.78, 5) is 0. The zero-order chi connectivity index (χ0) is 20.3. The molecule has 166 valence electrons. The van der Waals surface area contributed by atoms with Crippen LogP contribution in [0.5, 0.6) is 0 Å². The van der Waals surface area contributed by atoms with Crippen LogP contribution in [-0.4, -0.2) is 24.6 Å². The molecule has 0 amide bonds. The third kappa shape index (κ3) is 14.5. The van der Waals surface area contributed by atoms with Crippen molar-refractivity contribution in [2.24, 2.45) is 0 Å². The van der Waals surface area contributed by atoms with E-state index in [0.717, 1.165) is 0 Å². The second-order valence-corrected chi connectivity index (χ2v) is 20.8. The van der Waals surface area contributed by atoms with E-state index in [4.69, 9.17) is 0 Å². The normalized spacial score (nSPS) is 13.6. The van der Waals surface area contributed by atoms with Crippen molar-refractivity contribution in [2.75, 3.05) is 24.6 Å². The molecular weight excluding hydrogens is 411 g/mol. The van der Waals surface area contributed by atoms with Crippen LogP contribution in [0.3, 0.4) is 0 Å². The number of halogens is 1. The van der Waals surface area contributed by atoms with Crippen LogP contribution >= 0.6 is 20.8 Å². The van der Waals surface area contributed by atoms with E-state index in [2.05, 4.69) is 43.2 Å². The first kappa shape index (κ1) is 27.9. The molecule has 0 aromatic rings. The molecule has 0 fully saturated rings. The van der Waals surface area contributed by atoms with Gasteiger partial charge in [-0.3, -0.25) is 0 Å². The molecule has 0 nitrogen and oxygen atoms in total. The summed E-state index contributed by atoms with van der Waals surface area (Å²) in [5, 5.41) is -1.67. The minimum atomic E-state index is -1.67. The van der Waals surface area contributed by atoms with Crippen LogP contribution in [0.4, 0.5) is 0 Å². The van der Waals surface area contributed by atoms with E-state index in [0.29, 0.717) is 0 Å². The van der Waals surface area contributed by atoms with Crippen molar-refractivity contribution in [3.8, 4) is 0 Å². The fourth-order valence-electron chi connectivity index (χ4n) is 4.58. The van der Waals surface area contributed by atoms with Gasteiger partial charge in [-0.25, -0.2) is 0 Å². The van der Waals surface area contributed by atoms with Gasteiger partial charge in [0.25, 0.3) is 0 Å². The Morgan fingerprint density at radius 2 is 0.593 bits per heavy atom. The summed E-state index contributed by atoms with van der Waals surface area (Å²) < 4.78 is 0.